The molecule has 0 fully saturated rings. The van der Waals surface area contributed by atoms with Crippen LogP contribution in [0.25, 0.3) is 0 Å². The molecule has 0 aromatic heterocycles. The van der Waals surface area contributed by atoms with Crippen molar-refractivity contribution in [3.8, 4) is 0 Å². The summed E-state index contributed by atoms with van der Waals surface area (Å²) in [6.07, 6.45) is 96.2. The van der Waals surface area contributed by atoms with Gasteiger partial charge in [-0.15, -0.1) is 0 Å². The molecule has 81 heavy (non-hydrogen) atoms. The van der Waals surface area contributed by atoms with Gasteiger partial charge in [-0.1, -0.05) is 302 Å². The van der Waals surface area contributed by atoms with Crippen LogP contribution in [0.3, 0.4) is 0 Å². The smallest absolute Gasteiger partial charge is 0.306 e. The SMILES string of the molecule is CC/C=C\C/C=C\C/C=C\C/C=C\C/C=C\C/C=C\C/C=C\CCCCCCCCCCCCCCCC(=O)OCC(COC(=O)CCCCCCCCCCCCC)OC(=O)CCCCCC/C=C\C/C=C\C/C=C\C/C=C\CC. The van der Waals surface area contributed by atoms with Crippen LogP contribution in [-0.4, -0.2) is 37.2 Å². The molecular formula is C75H124O6. The highest BCUT2D eigenvalue weighted by atomic mass is 16.6. The number of ether oxygens (including phenoxy) is 3. The fourth-order valence-corrected chi connectivity index (χ4v) is 9.18. The normalized spacial score (nSPS) is 13.0. The maximum Gasteiger partial charge on any atom is 0.306 e. The van der Waals surface area contributed by atoms with Crippen LogP contribution in [0.2, 0.25) is 0 Å². The first-order valence-electron chi connectivity index (χ1n) is 33.7. The van der Waals surface area contributed by atoms with E-state index in [0.717, 1.165) is 141 Å². The molecule has 6 nitrogen and oxygen atoms in total. The van der Waals surface area contributed by atoms with Crippen LogP contribution in [0.4, 0.5) is 0 Å². The predicted molar refractivity (Wildman–Crippen MR) is 353 cm³/mol. The summed E-state index contributed by atoms with van der Waals surface area (Å²) in [5.41, 5.74) is 0. The lowest BCUT2D eigenvalue weighted by molar-refractivity contribution is -0.167. The second kappa shape index (κ2) is 68.1. The van der Waals surface area contributed by atoms with Crippen LogP contribution in [-0.2, 0) is 28.6 Å². The summed E-state index contributed by atoms with van der Waals surface area (Å²) in [6, 6.07) is 0. The number of allylic oxidation sites excluding steroid dienone is 22. The Morgan fingerprint density at radius 3 is 0.753 bits per heavy atom. The molecule has 0 aliphatic heterocycles. The summed E-state index contributed by atoms with van der Waals surface area (Å²) in [5, 5.41) is 0. The van der Waals surface area contributed by atoms with E-state index in [9.17, 15) is 14.4 Å². The molecule has 0 saturated heterocycles. The van der Waals surface area contributed by atoms with Crippen molar-refractivity contribution in [2.45, 2.75) is 309 Å². The van der Waals surface area contributed by atoms with E-state index >= 15 is 0 Å². The Hall–Kier alpha value is -4.45. The highest BCUT2D eigenvalue weighted by Gasteiger charge is 2.19. The number of carbonyl (C=O) groups is 3. The molecule has 0 radical (unpaired) electrons. The Bertz CT molecular complexity index is 1720. The van der Waals surface area contributed by atoms with E-state index in [4.69, 9.17) is 14.2 Å². The quantitative estimate of drug-likeness (QED) is 0.0261. The maximum absolute atomic E-state index is 12.9. The summed E-state index contributed by atoms with van der Waals surface area (Å²) >= 11 is 0. The van der Waals surface area contributed by atoms with Crippen molar-refractivity contribution in [2.75, 3.05) is 13.2 Å². The van der Waals surface area contributed by atoms with Gasteiger partial charge in [0.05, 0.1) is 0 Å². The number of esters is 3. The molecule has 0 heterocycles. The fourth-order valence-electron chi connectivity index (χ4n) is 9.18. The van der Waals surface area contributed by atoms with Gasteiger partial charge in [0, 0.05) is 19.3 Å². The monoisotopic (exact) mass is 1120 g/mol. The molecule has 0 aromatic carbocycles. The number of hydrogen-bond donors (Lipinski definition) is 0. The van der Waals surface area contributed by atoms with Gasteiger partial charge >= 0.3 is 17.9 Å². The third-order valence-corrected chi connectivity index (χ3v) is 14.2. The molecule has 460 valence electrons. The third kappa shape index (κ3) is 66.2. The van der Waals surface area contributed by atoms with Crippen LogP contribution < -0.4 is 0 Å². The Kier molecular flexibility index (Phi) is 64.3. The standard InChI is InChI=1S/C75H124O6/c1-4-7-10-13-16-19-22-24-26-28-29-30-31-32-33-34-35-36-37-38-39-40-41-42-43-44-45-47-48-50-53-56-59-62-65-68-74(77)80-71-72(70-79-73(76)67-64-61-58-55-52-21-18-15-12-9-6-3)81-75(78)69-66-63-60-57-54-51-49-46-27-25-23-20-17-14-11-8-5-2/h7-8,10-11,16-17,19-20,24-27,29-30,32-33,35-36,38-39,49,51,72H,4-6,9,12-15,18,21-23,28,31,34,37,40-48,50,52-71H2,1-3H3/b10-7-,11-8-,19-16-,20-17-,26-24-,27-25-,30-29-,33-32-,36-35-,39-38-,51-49-. The van der Waals surface area contributed by atoms with Gasteiger partial charge in [-0.05, 0) is 116 Å². The van der Waals surface area contributed by atoms with E-state index in [0.29, 0.717) is 19.3 Å². The van der Waals surface area contributed by atoms with Crippen molar-refractivity contribution < 1.29 is 28.6 Å². The highest BCUT2D eigenvalue weighted by Crippen LogP contribution is 2.16. The fraction of sp³-hybridized carbons (Fsp3) is 0.667. The topological polar surface area (TPSA) is 78.9 Å². The zero-order chi connectivity index (χ0) is 58.5. The Balaban J connectivity index is 4.19. The average molecular weight is 1120 g/mol. The van der Waals surface area contributed by atoms with Crippen molar-refractivity contribution in [1.29, 1.82) is 0 Å². The van der Waals surface area contributed by atoms with E-state index < -0.39 is 6.10 Å². The minimum Gasteiger partial charge on any atom is -0.462 e. The number of hydrogen-bond acceptors (Lipinski definition) is 6. The van der Waals surface area contributed by atoms with Gasteiger partial charge in [0.15, 0.2) is 6.10 Å². The number of unbranched alkanes of at least 4 members (excludes halogenated alkanes) is 27. The van der Waals surface area contributed by atoms with Gasteiger partial charge in [-0.25, -0.2) is 0 Å². The lowest BCUT2D eigenvalue weighted by atomic mass is 10.0. The molecule has 6 heteroatoms. The largest absolute Gasteiger partial charge is 0.462 e. The van der Waals surface area contributed by atoms with E-state index in [1.54, 1.807) is 0 Å². The zero-order valence-electron chi connectivity index (χ0n) is 52.8. The van der Waals surface area contributed by atoms with E-state index in [-0.39, 0.29) is 31.1 Å². The minimum atomic E-state index is -0.793. The molecule has 0 saturated carbocycles. The van der Waals surface area contributed by atoms with Crippen LogP contribution in [0.15, 0.2) is 134 Å². The van der Waals surface area contributed by atoms with Crippen LogP contribution >= 0.6 is 0 Å². The summed E-state index contributed by atoms with van der Waals surface area (Å²) in [7, 11) is 0. The highest BCUT2D eigenvalue weighted by molar-refractivity contribution is 5.71. The van der Waals surface area contributed by atoms with Crippen molar-refractivity contribution in [3.63, 3.8) is 0 Å². The number of rotatable bonds is 60. The van der Waals surface area contributed by atoms with Crippen molar-refractivity contribution in [3.05, 3.63) is 134 Å². The van der Waals surface area contributed by atoms with Crippen LogP contribution in [0.5, 0.6) is 0 Å². The average Bonchev–Trinajstić information content (AvgIpc) is 3.47. The molecule has 0 aliphatic rings. The van der Waals surface area contributed by atoms with E-state index in [2.05, 4.69) is 154 Å². The first-order valence-corrected chi connectivity index (χ1v) is 33.7. The van der Waals surface area contributed by atoms with Gasteiger partial charge in [-0.2, -0.15) is 0 Å². The Morgan fingerprint density at radius 2 is 0.481 bits per heavy atom. The van der Waals surface area contributed by atoms with Crippen molar-refractivity contribution in [2.24, 2.45) is 0 Å². The molecule has 0 aromatic rings. The molecule has 0 bridgehead atoms. The number of carbonyl (C=O) groups excluding carboxylic acids is 3. The van der Waals surface area contributed by atoms with E-state index in [1.165, 1.54) is 122 Å². The van der Waals surface area contributed by atoms with Gasteiger partial charge in [-0.3, -0.25) is 14.4 Å². The van der Waals surface area contributed by atoms with Crippen LogP contribution in [0.1, 0.15) is 303 Å². The summed E-state index contributed by atoms with van der Waals surface area (Å²) < 4.78 is 16.9. The van der Waals surface area contributed by atoms with Crippen LogP contribution in [0, 0.1) is 0 Å². The molecule has 0 spiro atoms. The van der Waals surface area contributed by atoms with Gasteiger partial charge < -0.3 is 14.2 Å². The molecule has 0 rings (SSSR count). The first-order chi connectivity index (χ1) is 40.0. The minimum absolute atomic E-state index is 0.0874. The summed E-state index contributed by atoms with van der Waals surface area (Å²) in [4.78, 5) is 38.3. The Labute approximate surface area is 500 Å². The molecular weight excluding hydrogens is 997 g/mol. The van der Waals surface area contributed by atoms with Gasteiger partial charge in [0.2, 0.25) is 0 Å². The van der Waals surface area contributed by atoms with E-state index in [1.807, 2.05) is 0 Å². The summed E-state index contributed by atoms with van der Waals surface area (Å²) in [5.74, 6) is -0.908. The van der Waals surface area contributed by atoms with Gasteiger partial charge in [0.1, 0.15) is 13.2 Å². The zero-order valence-corrected chi connectivity index (χ0v) is 52.8. The first kappa shape index (κ1) is 76.5. The Morgan fingerprint density at radius 1 is 0.259 bits per heavy atom. The molecule has 1 unspecified atom stereocenters. The molecule has 1 atom stereocenters. The van der Waals surface area contributed by atoms with Gasteiger partial charge in [0.25, 0.3) is 0 Å². The lowest BCUT2D eigenvalue weighted by Gasteiger charge is -2.18. The molecule has 0 N–H and O–H groups in total. The maximum atomic E-state index is 12.9. The predicted octanol–water partition coefficient (Wildman–Crippen LogP) is 23.3. The van der Waals surface area contributed by atoms with Crippen molar-refractivity contribution >= 4 is 17.9 Å². The molecule has 0 amide bonds. The lowest BCUT2D eigenvalue weighted by Crippen LogP contribution is -2.30. The second-order valence-corrected chi connectivity index (χ2v) is 22.0. The molecule has 0 aliphatic carbocycles. The van der Waals surface area contributed by atoms with Crippen molar-refractivity contribution in [1.82, 2.24) is 0 Å². The second-order valence-electron chi connectivity index (χ2n) is 22.0. The third-order valence-electron chi connectivity index (χ3n) is 14.2. The summed E-state index contributed by atoms with van der Waals surface area (Å²) in [6.45, 7) is 6.40.